The summed E-state index contributed by atoms with van der Waals surface area (Å²) in [6.07, 6.45) is 3.85. The van der Waals surface area contributed by atoms with Crippen molar-refractivity contribution in [2.75, 3.05) is 13.1 Å². The fourth-order valence-corrected chi connectivity index (χ4v) is 4.76. The van der Waals surface area contributed by atoms with Crippen LogP contribution < -0.4 is 10.6 Å². The summed E-state index contributed by atoms with van der Waals surface area (Å²) >= 11 is 0. The molecule has 1 aliphatic carbocycles. The van der Waals surface area contributed by atoms with Crippen LogP contribution in [0.2, 0.25) is 0 Å². The number of rotatable bonds is 5. The SMILES string of the molecule is Cc1cc(C(C)(C)C)cc(C)c1CCNC(=O)CN1C(=O)NC2(CCC(C)CC2)C1=O. The number of imide groups is 1. The van der Waals surface area contributed by atoms with E-state index in [-0.39, 0.29) is 23.8 Å². The van der Waals surface area contributed by atoms with Crippen molar-refractivity contribution in [3.8, 4) is 0 Å². The van der Waals surface area contributed by atoms with E-state index in [0.29, 0.717) is 25.3 Å². The van der Waals surface area contributed by atoms with Gasteiger partial charge in [-0.15, -0.1) is 0 Å². The van der Waals surface area contributed by atoms with Crippen molar-refractivity contribution < 1.29 is 14.4 Å². The Morgan fingerprint density at radius 3 is 2.29 bits per heavy atom. The number of hydrogen-bond donors (Lipinski definition) is 2. The highest BCUT2D eigenvalue weighted by atomic mass is 16.2. The van der Waals surface area contributed by atoms with E-state index in [2.05, 4.69) is 64.3 Å². The molecule has 1 saturated heterocycles. The fourth-order valence-electron chi connectivity index (χ4n) is 4.76. The molecule has 0 bridgehead atoms. The lowest BCUT2D eigenvalue weighted by Crippen LogP contribution is -2.50. The molecule has 1 spiro atoms. The van der Waals surface area contributed by atoms with Crippen LogP contribution in [-0.4, -0.2) is 41.4 Å². The van der Waals surface area contributed by atoms with Gasteiger partial charge in [-0.1, -0.05) is 39.8 Å². The van der Waals surface area contributed by atoms with Gasteiger partial charge in [0.1, 0.15) is 12.1 Å². The third kappa shape index (κ3) is 4.94. The summed E-state index contributed by atoms with van der Waals surface area (Å²) < 4.78 is 0. The zero-order valence-electron chi connectivity index (χ0n) is 19.9. The standard InChI is InChI=1S/C25H37N3O3/c1-16-7-10-25(11-8-16)22(30)28(23(31)27-25)15-21(29)26-12-9-20-17(2)13-19(14-18(20)3)24(4,5)6/h13-14,16H,7-12,15H2,1-6H3,(H,26,29)(H,27,31). The first-order chi connectivity index (χ1) is 14.4. The third-order valence-corrected chi connectivity index (χ3v) is 6.93. The van der Waals surface area contributed by atoms with Gasteiger partial charge in [0.15, 0.2) is 0 Å². The largest absolute Gasteiger partial charge is 0.354 e. The molecule has 0 aromatic heterocycles. The average molecular weight is 428 g/mol. The number of urea groups is 1. The summed E-state index contributed by atoms with van der Waals surface area (Å²) in [5, 5.41) is 5.75. The first-order valence-corrected chi connectivity index (χ1v) is 11.4. The van der Waals surface area contributed by atoms with Crippen molar-refractivity contribution in [3.63, 3.8) is 0 Å². The Morgan fingerprint density at radius 1 is 1.16 bits per heavy atom. The minimum Gasteiger partial charge on any atom is -0.354 e. The number of carbonyl (C=O) groups excluding carboxylic acids is 3. The van der Waals surface area contributed by atoms with Gasteiger partial charge in [-0.25, -0.2) is 4.79 Å². The Bertz CT molecular complexity index is 853. The molecular weight excluding hydrogens is 390 g/mol. The molecule has 2 aliphatic rings. The molecule has 2 N–H and O–H groups in total. The maximum atomic E-state index is 12.9. The second-order valence-electron chi connectivity index (χ2n) is 10.5. The van der Waals surface area contributed by atoms with Crippen LogP contribution in [0.4, 0.5) is 4.79 Å². The van der Waals surface area contributed by atoms with Gasteiger partial charge in [0, 0.05) is 6.54 Å². The van der Waals surface area contributed by atoms with Crippen molar-refractivity contribution in [2.24, 2.45) is 5.92 Å². The van der Waals surface area contributed by atoms with Crippen molar-refractivity contribution in [3.05, 3.63) is 34.4 Å². The second-order valence-corrected chi connectivity index (χ2v) is 10.5. The molecule has 4 amide bonds. The zero-order valence-corrected chi connectivity index (χ0v) is 19.9. The van der Waals surface area contributed by atoms with Gasteiger partial charge in [-0.2, -0.15) is 0 Å². The number of benzene rings is 1. The van der Waals surface area contributed by atoms with E-state index in [1.807, 2.05) is 0 Å². The molecular formula is C25H37N3O3. The quantitative estimate of drug-likeness (QED) is 0.703. The molecule has 31 heavy (non-hydrogen) atoms. The molecule has 6 heteroatoms. The minimum absolute atomic E-state index is 0.0961. The van der Waals surface area contributed by atoms with E-state index < -0.39 is 11.6 Å². The van der Waals surface area contributed by atoms with Gasteiger partial charge in [0.05, 0.1) is 0 Å². The Hall–Kier alpha value is -2.37. The lowest BCUT2D eigenvalue weighted by atomic mass is 9.77. The van der Waals surface area contributed by atoms with E-state index in [1.165, 1.54) is 22.3 Å². The molecule has 2 fully saturated rings. The van der Waals surface area contributed by atoms with Crippen molar-refractivity contribution >= 4 is 17.8 Å². The van der Waals surface area contributed by atoms with Crippen LogP contribution >= 0.6 is 0 Å². The molecule has 1 heterocycles. The fraction of sp³-hybridized carbons (Fsp3) is 0.640. The second kappa shape index (κ2) is 8.64. The Balaban J connectivity index is 1.55. The van der Waals surface area contributed by atoms with E-state index in [9.17, 15) is 14.4 Å². The number of hydrogen-bond acceptors (Lipinski definition) is 3. The van der Waals surface area contributed by atoms with Crippen LogP contribution in [0.5, 0.6) is 0 Å². The Kier molecular flexibility index (Phi) is 6.49. The summed E-state index contributed by atoms with van der Waals surface area (Å²) in [6, 6.07) is 4.00. The minimum atomic E-state index is -0.799. The predicted octanol–water partition coefficient (Wildman–Crippen LogP) is 3.76. The van der Waals surface area contributed by atoms with Crippen molar-refractivity contribution in [2.45, 2.75) is 84.6 Å². The van der Waals surface area contributed by atoms with Gasteiger partial charge in [0.25, 0.3) is 5.91 Å². The first kappa shape index (κ1) is 23.3. The highest BCUT2D eigenvalue weighted by Gasteiger charge is 2.52. The number of aryl methyl sites for hydroxylation is 2. The molecule has 6 nitrogen and oxygen atoms in total. The van der Waals surface area contributed by atoms with E-state index in [4.69, 9.17) is 0 Å². The lowest BCUT2D eigenvalue weighted by molar-refractivity contribution is -0.136. The van der Waals surface area contributed by atoms with Crippen LogP contribution in [0.15, 0.2) is 12.1 Å². The zero-order chi connectivity index (χ0) is 23.0. The molecule has 0 radical (unpaired) electrons. The Labute approximate surface area is 186 Å². The average Bonchev–Trinajstić information content (AvgIpc) is 2.90. The van der Waals surface area contributed by atoms with Gasteiger partial charge in [0.2, 0.25) is 5.91 Å². The first-order valence-electron chi connectivity index (χ1n) is 11.4. The molecule has 0 atom stereocenters. The molecule has 1 saturated carbocycles. The monoisotopic (exact) mass is 427 g/mol. The van der Waals surface area contributed by atoms with E-state index in [1.54, 1.807) is 0 Å². The topological polar surface area (TPSA) is 78.5 Å². The predicted molar refractivity (Wildman–Crippen MR) is 122 cm³/mol. The smallest absolute Gasteiger partial charge is 0.325 e. The summed E-state index contributed by atoms with van der Waals surface area (Å²) in [6.45, 7) is 13.2. The molecule has 1 aromatic rings. The van der Waals surface area contributed by atoms with Crippen LogP contribution in [0.25, 0.3) is 0 Å². The van der Waals surface area contributed by atoms with Gasteiger partial charge >= 0.3 is 6.03 Å². The normalized spacial score (nSPS) is 23.9. The summed E-state index contributed by atoms with van der Waals surface area (Å²) in [4.78, 5) is 38.8. The van der Waals surface area contributed by atoms with Crippen molar-refractivity contribution in [1.82, 2.24) is 15.5 Å². The highest BCUT2D eigenvalue weighted by molar-refractivity contribution is 6.09. The van der Waals surface area contributed by atoms with E-state index in [0.717, 1.165) is 24.2 Å². The maximum Gasteiger partial charge on any atom is 0.325 e. The molecule has 1 aromatic carbocycles. The van der Waals surface area contributed by atoms with Crippen LogP contribution in [-0.2, 0) is 21.4 Å². The summed E-state index contributed by atoms with van der Waals surface area (Å²) in [7, 11) is 0. The van der Waals surface area contributed by atoms with Crippen molar-refractivity contribution in [1.29, 1.82) is 0 Å². The number of nitrogens with zero attached hydrogens (tertiary/aromatic N) is 1. The molecule has 170 valence electrons. The number of carbonyl (C=O) groups is 3. The molecule has 0 unspecified atom stereocenters. The number of nitrogens with one attached hydrogen (secondary N) is 2. The van der Waals surface area contributed by atoms with Crippen LogP contribution in [0, 0.1) is 19.8 Å². The van der Waals surface area contributed by atoms with E-state index >= 15 is 0 Å². The maximum absolute atomic E-state index is 12.9. The third-order valence-electron chi connectivity index (χ3n) is 6.93. The number of amides is 4. The van der Waals surface area contributed by atoms with Gasteiger partial charge in [-0.05, 0) is 79.5 Å². The summed E-state index contributed by atoms with van der Waals surface area (Å²) in [5.74, 6) is 0.0207. The van der Waals surface area contributed by atoms with Crippen LogP contribution in [0.1, 0.15) is 75.6 Å². The summed E-state index contributed by atoms with van der Waals surface area (Å²) in [5.41, 5.74) is 4.29. The van der Waals surface area contributed by atoms with Gasteiger partial charge in [-0.3, -0.25) is 14.5 Å². The molecule has 1 aliphatic heterocycles. The highest BCUT2D eigenvalue weighted by Crippen LogP contribution is 2.36. The Morgan fingerprint density at radius 2 is 1.74 bits per heavy atom. The lowest BCUT2D eigenvalue weighted by Gasteiger charge is -2.33. The van der Waals surface area contributed by atoms with Crippen LogP contribution in [0.3, 0.4) is 0 Å². The molecule has 3 rings (SSSR count). The van der Waals surface area contributed by atoms with Gasteiger partial charge < -0.3 is 10.6 Å².